The minimum atomic E-state index is -0.631. The van der Waals surface area contributed by atoms with Crippen LogP contribution in [0.3, 0.4) is 0 Å². The predicted octanol–water partition coefficient (Wildman–Crippen LogP) is 1.74. The molecule has 9 amide bonds. The number of hydrogen-bond acceptors (Lipinski definition) is 14. The maximum Gasteiger partial charge on any atom is 0.410 e. The summed E-state index contributed by atoms with van der Waals surface area (Å²) in [5.41, 5.74) is 0.536. The summed E-state index contributed by atoms with van der Waals surface area (Å²) in [6.07, 6.45) is 10.1. The molecule has 0 fully saturated rings. The number of amides is 9. The van der Waals surface area contributed by atoms with Crippen LogP contribution in [0.4, 0.5) is 27.8 Å². The highest BCUT2D eigenvalue weighted by atomic mass is 16.6. The average Bonchev–Trinajstić information content (AvgIpc) is 4.20. The molecule has 0 aliphatic carbocycles. The number of imidazole rings is 3. The van der Waals surface area contributed by atoms with Gasteiger partial charge in [0.15, 0.2) is 17.5 Å². The number of carbonyl (C=O) groups excluding carboxylic acids is 9. The maximum atomic E-state index is 13.2. The minimum Gasteiger partial charge on any atom is -0.444 e. The minimum absolute atomic E-state index is 0.0175. The first-order valence-corrected chi connectivity index (χ1v) is 25.1. The van der Waals surface area contributed by atoms with Crippen molar-refractivity contribution >= 4 is 76.4 Å². The molecule has 28 nitrogen and oxygen atoms in total. The summed E-state index contributed by atoms with van der Waals surface area (Å²) in [4.78, 5) is 133. The monoisotopic (exact) mass is 1080 g/mol. The van der Waals surface area contributed by atoms with E-state index in [1.165, 1.54) is 55.2 Å². The molecule has 0 unspecified atom stereocenters. The number of aromatic nitrogens is 8. The van der Waals surface area contributed by atoms with Crippen LogP contribution < -0.4 is 37.2 Å². The van der Waals surface area contributed by atoms with E-state index < -0.39 is 47.0 Å². The fraction of sp³-hybridized carbons (Fsp3) is 0.480. The van der Waals surface area contributed by atoms with Crippen LogP contribution >= 0.6 is 0 Å². The summed E-state index contributed by atoms with van der Waals surface area (Å²) in [5, 5.41) is 18.7. The van der Waals surface area contributed by atoms with Gasteiger partial charge in [-0.2, -0.15) is 0 Å². The Kier molecular flexibility index (Phi) is 21.0. The lowest BCUT2D eigenvalue weighted by atomic mass is 10.2. The van der Waals surface area contributed by atoms with Crippen LogP contribution in [-0.2, 0) is 54.4 Å². The molecular formula is C50H72N18O10. The van der Waals surface area contributed by atoms with Gasteiger partial charge < -0.3 is 79.5 Å². The summed E-state index contributed by atoms with van der Waals surface area (Å²) in [6.45, 7) is 8.11. The molecule has 0 atom stereocenters. The highest BCUT2D eigenvalue weighted by molar-refractivity contribution is 6.04. The number of carbonyl (C=O) groups is 9. The molecule has 78 heavy (non-hydrogen) atoms. The highest BCUT2D eigenvalue weighted by Gasteiger charge is 2.23. The van der Waals surface area contributed by atoms with E-state index in [1.807, 2.05) is 27.8 Å². The standard InChI is InChI=1S/C50H72N18O10/c1-50(2,3)78-49(77)64(7)24-13-22-61(4)21-12-23-62(5)40(71)16-19-54-46(74)42-59-36(30-67(42)10)57-38(69)14-17-53-45(73)35-27-33(29-66(35)9)56-48(76)43-60-37(31-68(43)11)58-39(70)15-18-52-44(72)34-26-32(28-65(34)8)55-47(75)41-51-20-25-63(41)6/h20,25-31H,12-19,21-24H2,1-11H3,(H,52,72)(H,53,73)(H,54,74)(H,55,75)(H,56,76)(H,57,69)(H,58,70). The molecule has 5 aromatic rings. The van der Waals surface area contributed by atoms with Crippen molar-refractivity contribution in [3.63, 3.8) is 0 Å². The van der Waals surface area contributed by atoms with Crippen molar-refractivity contribution in [3.8, 4) is 0 Å². The Morgan fingerprint density at radius 2 is 0.974 bits per heavy atom. The molecule has 5 heterocycles. The molecule has 0 aromatic carbocycles. The highest BCUT2D eigenvalue weighted by Crippen LogP contribution is 2.17. The van der Waals surface area contributed by atoms with Crippen LogP contribution in [0, 0.1) is 0 Å². The van der Waals surface area contributed by atoms with Crippen molar-refractivity contribution in [3.05, 3.63) is 78.2 Å². The molecule has 28 heteroatoms. The Labute approximate surface area is 451 Å². The third kappa shape index (κ3) is 17.9. The lowest BCUT2D eigenvalue weighted by Gasteiger charge is -2.25. The zero-order chi connectivity index (χ0) is 57.4. The molecule has 0 saturated carbocycles. The Morgan fingerprint density at radius 1 is 0.526 bits per heavy atom. The zero-order valence-electron chi connectivity index (χ0n) is 46.1. The van der Waals surface area contributed by atoms with Gasteiger partial charge in [0, 0.05) is 139 Å². The molecule has 0 radical (unpaired) electrons. The van der Waals surface area contributed by atoms with Crippen LogP contribution in [0.1, 0.15) is 106 Å². The Balaban J connectivity index is 0.964. The molecule has 5 aromatic heterocycles. The van der Waals surface area contributed by atoms with Crippen molar-refractivity contribution in [2.24, 2.45) is 35.2 Å². The van der Waals surface area contributed by atoms with Crippen LogP contribution in [0.25, 0.3) is 0 Å². The number of anilines is 4. The number of hydrogen-bond donors (Lipinski definition) is 7. The third-order valence-electron chi connectivity index (χ3n) is 11.8. The second kappa shape index (κ2) is 27.3. The first-order valence-electron chi connectivity index (χ1n) is 25.1. The van der Waals surface area contributed by atoms with Gasteiger partial charge in [-0.25, -0.2) is 19.7 Å². The lowest BCUT2D eigenvalue weighted by Crippen LogP contribution is -2.36. The molecule has 0 bridgehead atoms. The number of aryl methyl sites for hydroxylation is 5. The number of nitrogens with zero attached hydrogens (tertiary/aromatic N) is 11. The summed E-state index contributed by atoms with van der Waals surface area (Å²) in [5.74, 6) is -3.31. The van der Waals surface area contributed by atoms with Crippen LogP contribution in [0.2, 0.25) is 0 Å². The fourth-order valence-corrected chi connectivity index (χ4v) is 7.70. The molecule has 0 aliphatic heterocycles. The van der Waals surface area contributed by atoms with E-state index in [4.69, 9.17) is 4.74 Å². The van der Waals surface area contributed by atoms with Gasteiger partial charge in [0.2, 0.25) is 29.4 Å². The Morgan fingerprint density at radius 3 is 1.45 bits per heavy atom. The summed E-state index contributed by atoms with van der Waals surface area (Å²) in [7, 11) is 13.5. The van der Waals surface area contributed by atoms with Crippen molar-refractivity contribution < 1.29 is 47.9 Å². The van der Waals surface area contributed by atoms with Crippen molar-refractivity contribution in [1.29, 1.82) is 0 Å². The van der Waals surface area contributed by atoms with Crippen LogP contribution in [-0.4, -0.2) is 178 Å². The van der Waals surface area contributed by atoms with Crippen LogP contribution in [0.15, 0.2) is 49.3 Å². The summed E-state index contributed by atoms with van der Waals surface area (Å²) < 4.78 is 12.8. The van der Waals surface area contributed by atoms with Gasteiger partial charge in [-0.3, -0.25) is 38.4 Å². The van der Waals surface area contributed by atoms with Crippen molar-refractivity contribution in [2.75, 3.05) is 88.2 Å². The molecule has 422 valence electrons. The van der Waals surface area contributed by atoms with Gasteiger partial charge in [0.25, 0.3) is 29.5 Å². The third-order valence-corrected chi connectivity index (χ3v) is 11.8. The fourth-order valence-electron chi connectivity index (χ4n) is 7.70. The van der Waals surface area contributed by atoms with E-state index >= 15 is 0 Å². The van der Waals surface area contributed by atoms with Gasteiger partial charge in [0.05, 0.1) is 11.4 Å². The van der Waals surface area contributed by atoms with E-state index in [-0.39, 0.29) is 97.1 Å². The molecule has 7 N–H and O–H groups in total. The smallest absolute Gasteiger partial charge is 0.410 e. The van der Waals surface area contributed by atoms with Gasteiger partial charge >= 0.3 is 6.09 Å². The van der Waals surface area contributed by atoms with Gasteiger partial charge in [-0.15, -0.1) is 0 Å². The quantitative estimate of drug-likeness (QED) is 0.0415. The molecule has 0 spiro atoms. The molecule has 0 saturated heterocycles. The molecule has 5 rings (SSSR count). The normalized spacial score (nSPS) is 11.2. The van der Waals surface area contributed by atoms with E-state index in [9.17, 15) is 43.2 Å². The first-order chi connectivity index (χ1) is 36.8. The Hall–Kier alpha value is -8.82. The molecule has 0 aliphatic rings. The van der Waals surface area contributed by atoms with Crippen molar-refractivity contribution in [2.45, 2.75) is 58.5 Å². The maximum absolute atomic E-state index is 13.2. The van der Waals surface area contributed by atoms with Crippen molar-refractivity contribution in [1.82, 2.24) is 68.4 Å². The largest absolute Gasteiger partial charge is 0.444 e. The topological polar surface area (TPSA) is 320 Å². The van der Waals surface area contributed by atoms with Gasteiger partial charge in [0.1, 0.15) is 17.0 Å². The van der Waals surface area contributed by atoms with Gasteiger partial charge in [-0.05, 0) is 65.9 Å². The Bertz CT molecular complexity index is 2970. The predicted molar refractivity (Wildman–Crippen MR) is 288 cm³/mol. The van der Waals surface area contributed by atoms with Crippen LogP contribution in [0.5, 0.6) is 0 Å². The summed E-state index contributed by atoms with van der Waals surface area (Å²) >= 11 is 0. The van der Waals surface area contributed by atoms with E-state index in [0.29, 0.717) is 18.8 Å². The van der Waals surface area contributed by atoms with E-state index in [0.717, 1.165) is 25.9 Å². The van der Waals surface area contributed by atoms with E-state index in [1.54, 1.807) is 76.1 Å². The number of nitrogens with one attached hydrogen (secondary N) is 7. The number of ether oxygens (including phenoxy) is 1. The average molecular weight is 1090 g/mol. The molecular weight excluding hydrogens is 1010 g/mol. The zero-order valence-corrected chi connectivity index (χ0v) is 46.1. The second-order valence-corrected chi connectivity index (χ2v) is 19.7. The summed E-state index contributed by atoms with van der Waals surface area (Å²) in [6, 6.07) is 2.94. The first kappa shape index (κ1) is 60.0. The van der Waals surface area contributed by atoms with E-state index in [2.05, 4.69) is 57.1 Å². The second-order valence-electron chi connectivity index (χ2n) is 19.7. The van der Waals surface area contributed by atoms with Gasteiger partial charge in [-0.1, -0.05) is 0 Å². The number of rotatable bonds is 26. The SMILES string of the molecule is CN(CCCN(C)C(=O)CCNC(=O)c1nc(NC(=O)CCNC(=O)c2cc(NC(=O)c3nc(NC(=O)CCNC(=O)c4cc(NC(=O)c5nccn5C)cn4C)cn3C)cn2C)cn1C)CCCN(C)C(=O)OC(C)(C)C. The lowest BCUT2D eigenvalue weighted by molar-refractivity contribution is -0.129.